The Balaban J connectivity index is 0.000000588. The van der Waals surface area contributed by atoms with Crippen LogP contribution in [0.15, 0.2) is 47.1 Å². The standard InChI is InChI=1S/C20H24F3N3O3.2C2H2O4/c21-20(22,23)29-16-8-6-15(7-9-16)25-19(27)14-24-13-17(18-5-4-12-28-18)26-10-2-1-3-11-26;2*3-1(4)2(5)6/h4-9,12,17,24H,1-3,10-11,13-14H2,(H,25,27);2*(H,3,4)(H,5,6). The van der Waals surface area contributed by atoms with Crippen LogP contribution in [-0.2, 0) is 24.0 Å². The molecule has 1 aliphatic rings. The summed E-state index contributed by atoms with van der Waals surface area (Å²) in [4.78, 5) is 50.9. The Hall–Kier alpha value is -4.64. The average molecular weight is 591 g/mol. The summed E-state index contributed by atoms with van der Waals surface area (Å²) in [6.07, 6.45) is 0.417. The van der Waals surface area contributed by atoms with Crippen LogP contribution in [0.3, 0.4) is 0 Å². The van der Waals surface area contributed by atoms with Crippen LogP contribution in [0, 0.1) is 0 Å². The van der Waals surface area contributed by atoms with E-state index in [4.69, 9.17) is 44.0 Å². The van der Waals surface area contributed by atoms with Gasteiger partial charge in [0.25, 0.3) is 0 Å². The molecule has 0 bridgehead atoms. The second-order valence-corrected chi connectivity index (χ2v) is 8.10. The van der Waals surface area contributed by atoms with Gasteiger partial charge in [0.15, 0.2) is 0 Å². The number of likely N-dealkylation sites (tertiary alicyclic amines) is 1. The zero-order valence-electron chi connectivity index (χ0n) is 21.3. The number of carbonyl (C=O) groups excluding carboxylic acids is 1. The molecule has 226 valence electrons. The molecule has 6 N–H and O–H groups in total. The Bertz CT molecular complexity index is 1090. The Kier molecular flexibility index (Phi) is 14.4. The third-order valence-corrected chi connectivity index (χ3v) is 5.06. The first-order valence-electron chi connectivity index (χ1n) is 11.8. The Labute approximate surface area is 230 Å². The molecule has 1 aliphatic heterocycles. The van der Waals surface area contributed by atoms with E-state index in [-0.39, 0.29) is 24.2 Å². The van der Waals surface area contributed by atoms with Crippen molar-refractivity contribution < 1.29 is 66.7 Å². The molecule has 0 aliphatic carbocycles. The van der Waals surface area contributed by atoms with Crippen LogP contribution in [0.4, 0.5) is 18.9 Å². The van der Waals surface area contributed by atoms with Crippen molar-refractivity contribution in [2.45, 2.75) is 31.7 Å². The van der Waals surface area contributed by atoms with E-state index in [2.05, 4.69) is 20.3 Å². The first kappa shape index (κ1) is 34.4. The van der Waals surface area contributed by atoms with Crippen molar-refractivity contribution >= 4 is 35.5 Å². The first-order chi connectivity index (χ1) is 19.2. The van der Waals surface area contributed by atoms with Crippen molar-refractivity contribution in [3.63, 3.8) is 0 Å². The number of alkyl halides is 3. The molecule has 2 heterocycles. The van der Waals surface area contributed by atoms with Gasteiger partial charge in [-0.15, -0.1) is 13.2 Å². The topological polar surface area (TPSA) is 216 Å². The predicted molar refractivity (Wildman–Crippen MR) is 132 cm³/mol. The number of nitrogens with one attached hydrogen (secondary N) is 2. The number of piperidine rings is 1. The number of carboxylic acid groups (broad SMARTS) is 4. The van der Waals surface area contributed by atoms with Crippen molar-refractivity contribution in [2.75, 3.05) is 31.5 Å². The third-order valence-electron chi connectivity index (χ3n) is 5.06. The SMILES string of the molecule is O=C(CNCC(c1ccco1)N1CCCCC1)Nc1ccc(OC(F)(F)F)cc1.O=C(O)C(=O)O.O=C(O)C(=O)O. The van der Waals surface area contributed by atoms with E-state index >= 15 is 0 Å². The van der Waals surface area contributed by atoms with Crippen molar-refractivity contribution in [3.05, 3.63) is 48.4 Å². The lowest BCUT2D eigenvalue weighted by Gasteiger charge is -2.33. The molecule has 1 fully saturated rings. The van der Waals surface area contributed by atoms with E-state index in [1.54, 1.807) is 6.26 Å². The number of carbonyl (C=O) groups is 5. The van der Waals surface area contributed by atoms with Gasteiger partial charge in [0.1, 0.15) is 11.5 Å². The molecule has 1 amide bonds. The van der Waals surface area contributed by atoms with Gasteiger partial charge in [-0.05, 0) is 62.3 Å². The molecule has 1 unspecified atom stereocenters. The number of benzene rings is 1. The Morgan fingerprint density at radius 1 is 0.878 bits per heavy atom. The van der Waals surface area contributed by atoms with Crippen LogP contribution in [0.25, 0.3) is 0 Å². The predicted octanol–water partition coefficient (Wildman–Crippen LogP) is 2.24. The molecule has 3 rings (SSSR count). The molecule has 0 saturated carbocycles. The highest BCUT2D eigenvalue weighted by Crippen LogP contribution is 2.25. The molecule has 2 aromatic rings. The quantitative estimate of drug-likeness (QED) is 0.243. The van der Waals surface area contributed by atoms with Crippen LogP contribution < -0.4 is 15.4 Å². The van der Waals surface area contributed by atoms with Gasteiger partial charge in [-0.25, -0.2) is 19.2 Å². The van der Waals surface area contributed by atoms with E-state index in [0.29, 0.717) is 12.2 Å². The van der Waals surface area contributed by atoms with Gasteiger partial charge in [0.05, 0.1) is 18.8 Å². The molecule has 17 heteroatoms. The van der Waals surface area contributed by atoms with Crippen LogP contribution in [0.2, 0.25) is 0 Å². The van der Waals surface area contributed by atoms with Crippen LogP contribution in [0.1, 0.15) is 31.1 Å². The van der Waals surface area contributed by atoms with Crippen molar-refractivity contribution in [3.8, 4) is 5.75 Å². The van der Waals surface area contributed by atoms with Gasteiger partial charge in [-0.3, -0.25) is 9.69 Å². The first-order valence-corrected chi connectivity index (χ1v) is 11.8. The fraction of sp³-hybridized carbons (Fsp3) is 0.375. The molecule has 1 atom stereocenters. The molecule has 41 heavy (non-hydrogen) atoms. The summed E-state index contributed by atoms with van der Waals surface area (Å²) in [6, 6.07) is 8.87. The number of anilines is 1. The van der Waals surface area contributed by atoms with Crippen LogP contribution in [-0.4, -0.2) is 87.7 Å². The van der Waals surface area contributed by atoms with Gasteiger partial charge in [0.2, 0.25) is 5.91 Å². The number of furan rings is 1. The van der Waals surface area contributed by atoms with E-state index in [1.165, 1.54) is 18.6 Å². The van der Waals surface area contributed by atoms with E-state index in [1.807, 2.05) is 12.1 Å². The van der Waals surface area contributed by atoms with Gasteiger partial charge >= 0.3 is 30.2 Å². The average Bonchev–Trinajstić information content (AvgIpc) is 3.43. The maximum Gasteiger partial charge on any atom is 0.573 e. The third kappa shape index (κ3) is 14.9. The highest BCUT2D eigenvalue weighted by molar-refractivity contribution is 6.27. The molecular weight excluding hydrogens is 563 g/mol. The van der Waals surface area contributed by atoms with Crippen molar-refractivity contribution in [1.29, 1.82) is 0 Å². The largest absolute Gasteiger partial charge is 0.573 e. The number of nitrogens with zero attached hydrogens (tertiary/aromatic N) is 1. The van der Waals surface area contributed by atoms with Crippen molar-refractivity contribution in [1.82, 2.24) is 10.2 Å². The second-order valence-electron chi connectivity index (χ2n) is 8.10. The minimum atomic E-state index is -4.74. The molecule has 0 spiro atoms. The highest BCUT2D eigenvalue weighted by atomic mass is 19.4. The zero-order valence-corrected chi connectivity index (χ0v) is 21.3. The Morgan fingerprint density at radius 3 is 1.85 bits per heavy atom. The van der Waals surface area contributed by atoms with Gasteiger partial charge in [0, 0.05) is 12.2 Å². The number of hydrogen-bond acceptors (Lipinski definition) is 9. The number of rotatable bonds is 8. The lowest BCUT2D eigenvalue weighted by Crippen LogP contribution is -2.40. The monoisotopic (exact) mass is 591 g/mol. The smallest absolute Gasteiger partial charge is 0.473 e. The summed E-state index contributed by atoms with van der Waals surface area (Å²) in [5.41, 5.74) is 0.393. The molecule has 1 aromatic carbocycles. The fourth-order valence-corrected chi connectivity index (χ4v) is 3.39. The molecule has 0 radical (unpaired) electrons. The lowest BCUT2D eigenvalue weighted by atomic mass is 10.1. The number of hydrogen-bond donors (Lipinski definition) is 6. The number of carboxylic acids is 4. The Morgan fingerprint density at radius 2 is 1.41 bits per heavy atom. The minimum Gasteiger partial charge on any atom is -0.473 e. The lowest BCUT2D eigenvalue weighted by molar-refractivity contribution is -0.274. The fourth-order valence-electron chi connectivity index (χ4n) is 3.39. The summed E-state index contributed by atoms with van der Waals surface area (Å²) in [5, 5.41) is 35.4. The number of ether oxygens (including phenoxy) is 1. The maximum atomic E-state index is 12.2. The van der Waals surface area contributed by atoms with E-state index < -0.39 is 30.2 Å². The van der Waals surface area contributed by atoms with Gasteiger partial charge < -0.3 is 40.2 Å². The number of halogens is 3. The summed E-state index contributed by atoms with van der Waals surface area (Å²) >= 11 is 0. The summed E-state index contributed by atoms with van der Waals surface area (Å²) in [6.45, 7) is 2.61. The molecule has 14 nitrogen and oxygen atoms in total. The van der Waals surface area contributed by atoms with E-state index in [9.17, 15) is 18.0 Å². The molecule has 1 aromatic heterocycles. The molecule has 1 saturated heterocycles. The number of amides is 1. The zero-order chi connectivity index (χ0) is 31.0. The summed E-state index contributed by atoms with van der Waals surface area (Å²) in [5.74, 6) is -7.06. The summed E-state index contributed by atoms with van der Waals surface area (Å²) in [7, 11) is 0. The highest BCUT2D eigenvalue weighted by Gasteiger charge is 2.31. The second kappa shape index (κ2) is 17.1. The van der Waals surface area contributed by atoms with E-state index in [0.717, 1.165) is 43.8 Å². The van der Waals surface area contributed by atoms with Gasteiger partial charge in [-0.2, -0.15) is 0 Å². The maximum absolute atomic E-state index is 12.2. The normalized spacial score (nSPS) is 13.7. The minimum absolute atomic E-state index is 0.0527. The van der Waals surface area contributed by atoms with Crippen molar-refractivity contribution in [2.24, 2.45) is 0 Å². The summed E-state index contributed by atoms with van der Waals surface area (Å²) < 4.78 is 45.9. The molecular formula is C24H28F3N3O11. The van der Waals surface area contributed by atoms with Crippen LogP contribution in [0.5, 0.6) is 5.75 Å². The number of aliphatic carboxylic acids is 4. The van der Waals surface area contributed by atoms with Gasteiger partial charge in [-0.1, -0.05) is 6.42 Å². The van der Waals surface area contributed by atoms with Crippen LogP contribution >= 0.6 is 0 Å².